The Morgan fingerprint density at radius 1 is 1.05 bits per heavy atom. The van der Waals surface area contributed by atoms with Gasteiger partial charge in [-0.25, -0.2) is 4.39 Å². The van der Waals surface area contributed by atoms with Gasteiger partial charge in [0.15, 0.2) is 0 Å². The predicted molar refractivity (Wildman–Crippen MR) is 85.8 cm³/mol. The van der Waals surface area contributed by atoms with Gasteiger partial charge in [-0.3, -0.25) is 4.90 Å². The van der Waals surface area contributed by atoms with Gasteiger partial charge in [-0.05, 0) is 29.3 Å². The van der Waals surface area contributed by atoms with E-state index in [0.29, 0.717) is 11.6 Å². The van der Waals surface area contributed by atoms with Crippen molar-refractivity contribution in [2.75, 3.05) is 11.9 Å². The molecule has 0 N–H and O–H groups in total. The lowest BCUT2D eigenvalue weighted by Gasteiger charge is -2.22. The second-order valence-electron chi connectivity index (χ2n) is 4.62. The first-order valence-electron chi connectivity index (χ1n) is 6.45. The Kier molecular flexibility index (Phi) is 6.02. The molecule has 0 heterocycles. The van der Waals surface area contributed by atoms with E-state index in [1.807, 2.05) is 18.2 Å². The summed E-state index contributed by atoms with van der Waals surface area (Å²) in [6, 6.07) is 14.7. The fourth-order valence-corrected chi connectivity index (χ4v) is 2.76. The Morgan fingerprint density at radius 3 is 2.50 bits per heavy atom. The minimum absolute atomic E-state index is 0.247. The number of halogens is 3. The van der Waals surface area contributed by atoms with Crippen molar-refractivity contribution >= 4 is 27.5 Å². The molecule has 0 fully saturated rings. The average Bonchev–Trinajstić information content (AvgIpc) is 2.44. The first-order valence-corrected chi connectivity index (χ1v) is 7.95. The van der Waals surface area contributed by atoms with Crippen LogP contribution in [0.1, 0.15) is 11.1 Å². The van der Waals surface area contributed by atoms with E-state index in [2.05, 4.69) is 33.0 Å². The molecule has 0 saturated carbocycles. The third kappa shape index (κ3) is 4.58. The van der Waals surface area contributed by atoms with E-state index in [0.717, 1.165) is 24.0 Å². The lowest BCUT2D eigenvalue weighted by Crippen LogP contribution is -2.25. The first-order chi connectivity index (χ1) is 9.69. The molecule has 2 aromatic rings. The number of hydrogen-bond donors (Lipinski definition) is 0. The average molecular weight is 357 g/mol. The molecule has 0 aliphatic heterocycles. The highest BCUT2D eigenvalue weighted by molar-refractivity contribution is 9.09. The molecule has 0 bridgehead atoms. The van der Waals surface area contributed by atoms with Crippen LogP contribution in [0.25, 0.3) is 0 Å². The van der Waals surface area contributed by atoms with E-state index in [1.54, 1.807) is 6.07 Å². The molecule has 0 radical (unpaired) electrons. The van der Waals surface area contributed by atoms with Crippen molar-refractivity contribution < 1.29 is 4.39 Å². The molecule has 0 unspecified atom stereocenters. The van der Waals surface area contributed by atoms with Crippen LogP contribution in [0.3, 0.4) is 0 Å². The molecule has 0 spiro atoms. The third-order valence-corrected chi connectivity index (χ3v) is 3.77. The molecule has 0 aromatic heterocycles. The van der Waals surface area contributed by atoms with Crippen LogP contribution in [-0.4, -0.2) is 16.8 Å². The van der Waals surface area contributed by atoms with Crippen LogP contribution in [0.2, 0.25) is 5.02 Å². The summed E-state index contributed by atoms with van der Waals surface area (Å²) in [5.41, 5.74) is 2.06. The second kappa shape index (κ2) is 7.77. The highest BCUT2D eigenvalue weighted by Crippen LogP contribution is 2.20. The molecule has 0 amide bonds. The van der Waals surface area contributed by atoms with Crippen molar-refractivity contribution in [3.63, 3.8) is 0 Å². The number of nitrogens with zero attached hydrogens (tertiary/aromatic N) is 1. The van der Waals surface area contributed by atoms with Gasteiger partial charge in [0.1, 0.15) is 5.82 Å². The lowest BCUT2D eigenvalue weighted by molar-refractivity contribution is 0.274. The smallest absolute Gasteiger partial charge is 0.123 e. The van der Waals surface area contributed by atoms with Gasteiger partial charge in [-0.1, -0.05) is 57.9 Å². The maximum Gasteiger partial charge on any atom is 0.123 e. The van der Waals surface area contributed by atoms with Crippen molar-refractivity contribution in [1.29, 1.82) is 0 Å². The summed E-state index contributed by atoms with van der Waals surface area (Å²) in [6.45, 7) is 2.33. The van der Waals surface area contributed by atoms with Crippen LogP contribution in [0.4, 0.5) is 4.39 Å². The Hall–Kier alpha value is -0.900. The summed E-state index contributed by atoms with van der Waals surface area (Å²) in [4.78, 5) is 2.24. The van der Waals surface area contributed by atoms with Crippen molar-refractivity contribution in [1.82, 2.24) is 4.90 Å². The summed E-state index contributed by atoms with van der Waals surface area (Å²) in [5, 5.41) is 1.48. The zero-order chi connectivity index (χ0) is 14.4. The highest BCUT2D eigenvalue weighted by atomic mass is 79.9. The fraction of sp³-hybridized carbons (Fsp3) is 0.250. The number of hydrogen-bond acceptors (Lipinski definition) is 1. The molecule has 2 aromatic carbocycles. The van der Waals surface area contributed by atoms with Gasteiger partial charge in [0.25, 0.3) is 0 Å². The molecular weight excluding hydrogens is 341 g/mol. The fourth-order valence-electron chi connectivity index (χ4n) is 2.08. The minimum Gasteiger partial charge on any atom is -0.294 e. The van der Waals surface area contributed by atoms with Crippen LogP contribution >= 0.6 is 27.5 Å². The standard InChI is InChI=1S/C16H16BrClFN/c17-8-9-20(11-13-4-2-1-3-5-13)12-14-10-15(19)6-7-16(14)18/h1-7,10H,8-9,11-12H2. The van der Waals surface area contributed by atoms with E-state index in [-0.39, 0.29) is 5.82 Å². The Balaban J connectivity index is 2.11. The van der Waals surface area contributed by atoms with E-state index < -0.39 is 0 Å². The van der Waals surface area contributed by atoms with Gasteiger partial charge in [0.2, 0.25) is 0 Å². The van der Waals surface area contributed by atoms with Crippen LogP contribution in [-0.2, 0) is 13.1 Å². The summed E-state index contributed by atoms with van der Waals surface area (Å²) in [5.74, 6) is -0.247. The number of benzene rings is 2. The predicted octanol–water partition coefficient (Wildman–Crippen LogP) is 4.88. The van der Waals surface area contributed by atoms with Crippen molar-refractivity contribution in [3.05, 3.63) is 70.5 Å². The van der Waals surface area contributed by atoms with Crippen LogP contribution in [0.5, 0.6) is 0 Å². The van der Waals surface area contributed by atoms with Crippen molar-refractivity contribution in [3.8, 4) is 0 Å². The topological polar surface area (TPSA) is 3.24 Å². The molecular formula is C16H16BrClFN. The normalized spacial score (nSPS) is 11.0. The SMILES string of the molecule is Fc1ccc(Cl)c(CN(CCBr)Cc2ccccc2)c1. The quantitative estimate of drug-likeness (QED) is 0.667. The molecule has 106 valence electrons. The monoisotopic (exact) mass is 355 g/mol. The van der Waals surface area contributed by atoms with Crippen LogP contribution in [0, 0.1) is 5.82 Å². The van der Waals surface area contributed by atoms with Gasteiger partial charge in [-0.15, -0.1) is 0 Å². The Labute approximate surface area is 132 Å². The van der Waals surface area contributed by atoms with Gasteiger partial charge in [0, 0.05) is 30.0 Å². The summed E-state index contributed by atoms with van der Waals surface area (Å²) < 4.78 is 13.3. The molecule has 20 heavy (non-hydrogen) atoms. The Morgan fingerprint density at radius 2 is 1.80 bits per heavy atom. The molecule has 0 saturated heterocycles. The molecule has 0 aliphatic rings. The second-order valence-corrected chi connectivity index (χ2v) is 5.82. The largest absolute Gasteiger partial charge is 0.294 e. The maximum absolute atomic E-state index is 13.3. The first kappa shape index (κ1) is 15.5. The van der Waals surface area contributed by atoms with E-state index in [1.165, 1.54) is 17.7 Å². The van der Waals surface area contributed by atoms with E-state index in [4.69, 9.17) is 11.6 Å². The molecule has 0 aliphatic carbocycles. The molecule has 0 atom stereocenters. The van der Waals surface area contributed by atoms with Gasteiger partial charge >= 0.3 is 0 Å². The van der Waals surface area contributed by atoms with Crippen LogP contribution < -0.4 is 0 Å². The highest BCUT2D eigenvalue weighted by Gasteiger charge is 2.10. The third-order valence-electron chi connectivity index (χ3n) is 3.05. The maximum atomic E-state index is 13.3. The summed E-state index contributed by atoms with van der Waals surface area (Å²) >= 11 is 9.60. The van der Waals surface area contributed by atoms with Gasteiger partial charge in [0.05, 0.1) is 0 Å². The van der Waals surface area contributed by atoms with Crippen LogP contribution in [0.15, 0.2) is 48.5 Å². The number of alkyl halides is 1. The van der Waals surface area contributed by atoms with Crippen molar-refractivity contribution in [2.24, 2.45) is 0 Å². The van der Waals surface area contributed by atoms with E-state index >= 15 is 0 Å². The van der Waals surface area contributed by atoms with Crippen molar-refractivity contribution in [2.45, 2.75) is 13.1 Å². The van der Waals surface area contributed by atoms with Gasteiger partial charge in [-0.2, -0.15) is 0 Å². The van der Waals surface area contributed by atoms with Gasteiger partial charge < -0.3 is 0 Å². The summed E-state index contributed by atoms with van der Waals surface area (Å²) in [6.07, 6.45) is 0. The molecule has 2 rings (SSSR count). The lowest BCUT2D eigenvalue weighted by atomic mass is 10.1. The zero-order valence-corrected chi connectivity index (χ0v) is 13.4. The Bertz CT molecular complexity index is 547. The zero-order valence-electron chi connectivity index (χ0n) is 11.0. The molecule has 4 heteroatoms. The number of rotatable bonds is 6. The minimum atomic E-state index is -0.247. The molecule has 1 nitrogen and oxygen atoms in total. The summed E-state index contributed by atoms with van der Waals surface area (Å²) in [7, 11) is 0. The van der Waals surface area contributed by atoms with E-state index in [9.17, 15) is 4.39 Å².